The third kappa shape index (κ3) is 5.03. The molecule has 3 heteroatoms. The van der Waals surface area contributed by atoms with E-state index >= 15 is 0 Å². The first kappa shape index (κ1) is 29.0. The van der Waals surface area contributed by atoms with Gasteiger partial charge in [-0.25, -0.2) is 9.97 Å². The number of fused-ring (bicyclic) bond motifs is 5. The number of benzene rings is 6. The minimum absolute atomic E-state index is 0.0948. The Kier molecular flexibility index (Phi) is 6.80. The van der Waals surface area contributed by atoms with Crippen molar-refractivity contribution in [1.82, 2.24) is 15.0 Å². The van der Waals surface area contributed by atoms with Crippen LogP contribution in [-0.2, 0) is 5.41 Å². The number of aromatic nitrogens is 3. The molecule has 0 spiro atoms. The number of rotatable bonds is 5. The number of hydrogen-bond donors (Lipinski definition) is 0. The minimum atomic E-state index is -0.0948. The van der Waals surface area contributed by atoms with Crippen molar-refractivity contribution >= 4 is 10.8 Å². The number of nitrogens with zero attached hydrogens (tertiary/aromatic N) is 3. The highest BCUT2D eigenvalue weighted by molar-refractivity contribution is 6.03. The Hall–Kier alpha value is -6.19. The van der Waals surface area contributed by atoms with Gasteiger partial charge < -0.3 is 0 Å². The summed E-state index contributed by atoms with van der Waals surface area (Å²) in [4.78, 5) is 15.0. The van der Waals surface area contributed by atoms with Crippen LogP contribution in [0.25, 0.3) is 78.2 Å². The highest BCUT2D eigenvalue weighted by Gasteiger charge is 2.36. The molecule has 2 heterocycles. The van der Waals surface area contributed by atoms with Gasteiger partial charge in [0.2, 0.25) is 0 Å². The summed E-state index contributed by atoms with van der Waals surface area (Å²) in [5, 5.41) is 2.55. The molecule has 232 valence electrons. The summed E-state index contributed by atoms with van der Waals surface area (Å²) in [6.07, 6.45) is 1.83. The molecule has 0 radical (unpaired) electrons. The summed E-state index contributed by atoms with van der Waals surface area (Å²) in [6, 6.07) is 55.8. The van der Waals surface area contributed by atoms with Gasteiger partial charge in [-0.2, -0.15) is 0 Å². The second-order valence-electron chi connectivity index (χ2n) is 13.3. The molecule has 3 nitrogen and oxygen atoms in total. The van der Waals surface area contributed by atoms with Gasteiger partial charge in [0.25, 0.3) is 0 Å². The first-order chi connectivity index (χ1) is 24.0. The molecule has 1 aliphatic rings. The van der Waals surface area contributed by atoms with Crippen LogP contribution in [0.2, 0.25) is 0 Å². The molecule has 0 fully saturated rings. The molecule has 1 aliphatic carbocycles. The third-order valence-corrected chi connectivity index (χ3v) is 9.96. The van der Waals surface area contributed by atoms with Gasteiger partial charge in [0, 0.05) is 33.9 Å². The molecule has 0 aliphatic heterocycles. The first-order valence-corrected chi connectivity index (χ1v) is 16.8. The van der Waals surface area contributed by atoms with Crippen LogP contribution in [0.1, 0.15) is 25.0 Å². The Labute approximate surface area is 286 Å². The van der Waals surface area contributed by atoms with Crippen molar-refractivity contribution in [3.05, 3.63) is 175 Å². The Morgan fingerprint density at radius 3 is 1.88 bits per heavy atom. The van der Waals surface area contributed by atoms with E-state index in [0.29, 0.717) is 5.82 Å². The van der Waals surface area contributed by atoms with E-state index in [2.05, 4.69) is 152 Å². The van der Waals surface area contributed by atoms with Crippen LogP contribution in [0.5, 0.6) is 0 Å². The van der Waals surface area contributed by atoms with Crippen molar-refractivity contribution in [1.29, 1.82) is 0 Å². The van der Waals surface area contributed by atoms with Gasteiger partial charge in [0.15, 0.2) is 5.82 Å². The fourth-order valence-electron chi connectivity index (χ4n) is 7.37. The normalized spacial score (nSPS) is 12.9. The molecule has 9 rings (SSSR count). The molecule has 0 N–H and O–H groups in total. The van der Waals surface area contributed by atoms with Gasteiger partial charge >= 0.3 is 0 Å². The molecule has 0 atom stereocenters. The van der Waals surface area contributed by atoms with Crippen molar-refractivity contribution in [3.63, 3.8) is 0 Å². The monoisotopic (exact) mass is 627 g/mol. The van der Waals surface area contributed by atoms with Gasteiger partial charge in [-0.1, -0.05) is 141 Å². The van der Waals surface area contributed by atoms with Gasteiger partial charge in [-0.3, -0.25) is 4.98 Å². The zero-order chi connectivity index (χ0) is 33.0. The smallest absolute Gasteiger partial charge is 0.160 e. The summed E-state index contributed by atoms with van der Waals surface area (Å²) in [5.41, 5.74) is 14.4. The molecule has 0 saturated heterocycles. The van der Waals surface area contributed by atoms with Crippen molar-refractivity contribution < 1.29 is 0 Å². The van der Waals surface area contributed by atoms with Gasteiger partial charge in [0.1, 0.15) is 0 Å². The van der Waals surface area contributed by atoms with E-state index in [-0.39, 0.29) is 5.41 Å². The zero-order valence-electron chi connectivity index (χ0n) is 27.4. The lowest BCUT2D eigenvalue weighted by molar-refractivity contribution is 0.661. The summed E-state index contributed by atoms with van der Waals surface area (Å²) in [5.74, 6) is 0.700. The third-order valence-electron chi connectivity index (χ3n) is 9.96. The largest absolute Gasteiger partial charge is 0.256 e. The van der Waals surface area contributed by atoms with E-state index in [1.807, 2.05) is 30.5 Å². The number of hydrogen-bond acceptors (Lipinski definition) is 3. The molecule has 0 unspecified atom stereocenters. The average Bonchev–Trinajstić information content (AvgIpc) is 3.41. The van der Waals surface area contributed by atoms with Gasteiger partial charge in [-0.05, 0) is 74.5 Å². The predicted molar refractivity (Wildman–Crippen MR) is 202 cm³/mol. The quantitative estimate of drug-likeness (QED) is 0.191. The second-order valence-corrected chi connectivity index (χ2v) is 13.3. The second kappa shape index (κ2) is 11.5. The Morgan fingerprint density at radius 1 is 0.429 bits per heavy atom. The van der Waals surface area contributed by atoms with Gasteiger partial charge in [-0.15, -0.1) is 0 Å². The molecular weight excluding hydrogens is 595 g/mol. The van der Waals surface area contributed by atoms with Crippen molar-refractivity contribution in [3.8, 4) is 67.4 Å². The molecule has 8 aromatic rings. The van der Waals surface area contributed by atoms with E-state index < -0.39 is 0 Å². The lowest BCUT2D eigenvalue weighted by atomic mass is 9.82. The maximum Gasteiger partial charge on any atom is 0.160 e. The Morgan fingerprint density at radius 2 is 1.08 bits per heavy atom. The summed E-state index contributed by atoms with van der Waals surface area (Å²) in [7, 11) is 0. The van der Waals surface area contributed by atoms with Crippen molar-refractivity contribution in [2.75, 3.05) is 0 Å². The van der Waals surface area contributed by atoms with Crippen LogP contribution < -0.4 is 0 Å². The van der Waals surface area contributed by atoms with Crippen LogP contribution in [0, 0.1) is 0 Å². The SMILES string of the molecule is CC1(C)c2ccc(-c3cc(-c4ccc(-c5ccccn5)cc4)nc(-c4cccc(-c5ccccc5)c4)n3)cc2-c2c1ccc1ccccc21. The van der Waals surface area contributed by atoms with E-state index in [1.54, 1.807) is 0 Å². The van der Waals surface area contributed by atoms with Crippen LogP contribution >= 0.6 is 0 Å². The molecule has 49 heavy (non-hydrogen) atoms. The zero-order valence-corrected chi connectivity index (χ0v) is 27.4. The van der Waals surface area contributed by atoms with Crippen LogP contribution in [0.3, 0.4) is 0 Å². The average molecular weight is 628 g/mol. The topological polar surface area (TPSA) is 38.7 Å². The predicted octanol–water partition coefficient (Wildman–Crippen LogP) is 11.7. The number of pyridine rings is 1. The molecule has 0 saturated carbocycles. The summed E-state index contributed by atoms with van der Waals surface area (Å²) >= 11 is 0. The maximum atomic E-state index is 5.26. The van der Waals surface area contributed by atoms with E-state index in [9.17, 15) is 0 Å². The summed E-state index contributed by atoms with van der Waals surface area (Å²) < 4.78 is 0. The van der Waals surface area contributed by atoms with E-state index in [4.69, 9.17) is 9.97 Å². The van der Waals surface area contributed by atoms with Gasteiger partial charge in [0.05, 0.1) is 17.1 Å². The highest BCUT2D eigenvalue weighted by Crippen LogP contribution is 2.52. The fraction of sp³-hybridized carbons (Fsp3) is 0.0652. The van der Waals surface area contributed by atoms with Crippen LogP contribution in [0.4, 0.5) is 0 Å². The fourth-order valence-corrected chi connectivity index (χ4v) is 7.37. The van der Waals surface area contributed by atoms with E-state index in [1.165, 1.54) is 33.0 Å². The van der Waals surface area contributed by atoms with Crippen LogP contribution in [0.15, 0.2) is 164 Å². The Balaban J connectivity index is 1.21. The minimum Gasteiger partial charge on any atom is -0.256 e. The van der Waals surface area contributed by atoms with Crippen molar-refractivity contribution in [2.24, 2.45) is 0 Å². The maximum absolute atomic E-state index is 5.26. The highest BCUT2D eigenvalue weighted by atomic mass is 14.9. The Bertz CT molecular complexity index is 2500. The van der Waals surface area contributed by atoms with Crippen LogP contribution in [-0.4, -0.2) is 15.0 Å². The molecule has 0 amide bonds. The lowest BCUT2D eigenvalue weighted by Crippen LogP contribution is -2.14. The summed E-state index contributed by atoms with van der Waals surface area (Å²) in [6.45, 7) is 4.67. The standard InChI is InChI=1S/C46H33N3/c1-46(2)39-24-23-35(28-38(39)44-37-16-7-6-13-31(37)22-25-40(44)46)43-29-42(33-20-18-32(19-21-33)41-17-8-9-26-47-41)48-45(49-43)36-15-10-14-34(27-36)30-11-4-3-5-12-30/h3-29H,1-2H3. The molecular formula is C46H33N3. The molecule has 0 bridgehead atoms. The molecule has 2 aromatic heterocycles. The van der Waals surface area contributed by atoms with Crippen molar-refractivity contribution in [2.45, 2.75) is 19.3 Å². The molecule has 6 aromatic carbocycles. The first-order valence-electron chi connectivity index (χ1n) is 16.8. The van der Waals surface area contributed by atoms with E-state index in [0.717, 1.165) is 50.5 Å². The lowest BCUT2D eigenvalue weighted by Gasteiger charge is -2.21.